The quantitative estimate of drug-likeness (QED) is 0.742. The van der Waals surface area contributed by atoms with Gasteiger partial charge in [-0.2, -0.15) is 0 Å². The highest BCUT2D eigenvalue weighted by molar-refractivity contribution is 6.30. The average molecular weight is 184 g/mol. The van der Waals surface area contributed by atoms with Gasteiger partial charge in [-0.15, -0.1) is 0 Å². The Morgan fingerprint density at radius 2 is 2.00 bits per heavy atom. The summed E-state index contributed by atoms with van der Waals surface area (Å²) in [5.74, 6) is 0.0114. The van der Waals surface area contributed by atoms with Gasteiger partial charge in [-0.05, 0) is 17.7 Å². The minimum atomic E-state index is 0.0114. The first kappa shape index (κ1) is 9.07. The van der Waals surface area contributed by atoms with E-state index in [9.17, 15) is 4.79 Å². The molecule has 0 spiro atoms. The number of benzene rings is 1. The highest BCUT2D eigenvalue weighted by Gasteiger charge is 1.99. The Morgan fingerprint density at radius 3 is 2.50 bits per heavy atom. The first-order valence-electron chi connectivity index (χ1n) is 3.67. The van der Waals surface area contributed by atoms with Gasteiger partial charge in [-0.1, -0.05) is 23.7 Å². The van der Waals surface area contributed by atoms with Crippen LogP contribution in [-0.2, 0) is 11.2 Å². The molecule has 1 rings (SSSR count). The molecule has 0 unspecified atom stereocenters. The van der Waals surface area contributed by atoms with Gasteiger partial charge >= 0.3 is 0 Å². The Hall–Kier alpha value is -1.02. The molecule has 0 aliphatic heterocycles. The second-order valence-corrected chi connectivity index (χ2v) is 2.91. The van der Waals surface area contributed by atoms with E-state index in [-0.39, 0.29) is 5.91 Å². The van der Waals surface area contributed by atoms with Crippen molar-refractivity contribution in [2.75, 3.05) is 7.05 Å². The van der Waals surface area contributed by atoms with Gasteiger partial charge in [0.15, 0.2) is 0 Å². The van der Waals surface area contributed by atoms with Crippen LogP contribution in [0.4, 0.5) is 0 Å². The fourth-order valence-electron chi connectivity index (χ4n) is 0.876. The number of nitrogens with one attached hydrogen (secondary N) is 1. The molecule has 0 saturated carbocycles. The lowest BCUT2D eigenvalue weighted by Gasteiger charge is -1.99. The lowest BCUT2D eigenvalue weighted by atomic mass is 10.1. The minimum absolute atomic E-state index is 0.0114. The van der Waals surface area contributed by atoms with E-state index < -0.39 is 0 Å². The smallest absolute Gasteiger partial charge is 0.224 e. The van der Waals surface area contributed by atoms with Gasteiger partial charge < -0.3 is 5.32 Å². The van der Waals surface area contributed by atoms with E-state index in [1.807, 2.05) is 12.1 Å². The predicted molar refractivity (Wildman–Crippen MR) is 49.2 cm³/mol. The fraction of sp³-hybridized carbons (Fsp3) is 0.222. The molecule has 1 amide bonds. The molecule has 0 bridgehead atoms. The van der Waals surface area contributed by atoms with E-state index in [1.165, 1.54) is 0 Å². The van der Waals surface area contributed by atoms with Crippen LogP contribution in [-0.4, -0.2) is 13.0 Å². The van der Waals surface area contributed by atoms with Crippen molar-refractivity contribution in [1.29, 1.82) is 0 Å². The van der Waals surface area contributed by atoms with E-state index in [4.69, 9.17) is 11.6 Å². The Bertz CT molecular complexity index is 268. The zero-order valence-corrected chi connectivity index (χ0v) is 7.56. The highest BCUT2D eigenvalue weighted by Crippen LogP contribution is 2.09. The third kappa shape index (κ3) is 2.55. The molecule has 0 fully saturated rings. The molecule has 1 N–H and O–H groups in total. The lowest BCUT2D eigenvalue weighted by Crippen LogP contribution is -2.19. The standard InChI is InChI=1S/C9H10ClNO/c1-11-9(12)6-7-2-4-8(10)5-3-7/h2-5H,6H2,1H3,(H,11,12). The molecule has 3 heteroatoms. The van der Waals surface area contributed by atoms with Crippen LogP contribution in [0.2, 0.25) is 5.02 Å². The van der Waals surface area contributed by atoms with Crippen molar-refractivity contribution in [2.45, 2.75) is 6.42 Å². The summed E-state index contributed by atoms with van der Waals surface area (Å²) in [5.41, 5.74) is 0.971. The van der Waals surface area contributed by atoms with Gasteiger partial charge in [0.25, 0.3) is 0 Å². The maximum atomic E-state index is 10.9. The summed E-state index contributed by atoms with van der Waals surface area (Å²) in [6.45, 7) is 0. The Labute approximate surface area is 76.5 Å². The number of carbonyl (C=O) groups is 1. The molecule has 1 aromatic rings. The zero-order chi connectivity index (χ0) is 8.97. The second kappa shape index (κ2) is 4.12. The van der Waals surface area contributed by atoms with Crippen molar-refractivity contribution >= 4 is 17.5 Å². The number of likely N-dealkylation sites (N-methyl/N-ethyl adjacent to an activating group) is 1. The molecule has 0 atom stereocenters. The van der Waals surface area contributed by atoms with Crippen molar-refractivity contribution in [3.63, 3.8) is 0 Å². The summed E-state index contributed by atoms with van der Waals surface area (Å²) in [5, 5.41) is 3.25. The van der Waals surface area contributed by atoms with E-state index in [0.29, 0.717) is 11.4 Å². The summed E-state index contributed by atoms with van der Waals surface area (Å²) in [7, 11) is 1.62. The van der Waals surface area contributed by atoms with Crippen molar-refractivity contribution in [3.8, 4) is 0 Å². The number of hydrogen-bond donors (Lipinski definition) is 1. The largest absolute Gasteiger partial charge is 0.359 e. The first-order chi connectivity index (χ1) is 5.72. The number of rotatable bonds is 2. The van der Waals surface area contributed by atoms with Crippen LogP contribution in [0.3, 0.4) is 0 Å². The molecule has 0 saturated heterocycles. The first-order valence-corrected chi connectivity index (χ1v) is 4.05. The lowest BCUT2D eigenvalue weighted by molar-refractivity contribution is -0.119. The summed E-state index contributed by atoms with van der Waals surface area (Å²) in [6.07, 6.45) is 0.410. The predicted octanol–water partition coefficient (Wildman–Crippen LogP) is 1.63. The topological polar surface area (TPSA) is 29.1 Å². The van der Waals surface area contributed by atoms with Crippen LogP contribution in [0.1, 0.15) is 5.56 Å². The maximum absolute atomic E-state index is 10.9. The van der Waals surface area contributed by atoms with Gasteiger partial charge in [0.1, 0.15) is 0 Å². The molecule has 0 radical (unpaired) electrons. The average Bonchev–Trinajstić information content (AvgIpc) is 2.09. The van der Waals surface area contributed by atoms with E-state index in [1.54, 1.807) is 19.2 Å². The number of halogens is 1. The van der Waals surface area contributed by atoms with Gasteiger partial charge in [0.05, 0.1) is 6.42 Å². The third-order valence-electron chi connectivity index (χ3n) is 1.56. The SMILES string of the molecule is CNC(=O)Cc1ccc(Cl)cc1. The van der Waals surface area contributed by atoms with Gasteiger partial charge in [-0.25, -0.2) is 0 Å². The molecule has 0 heterocycles. The molecule has 12 heavy (non-hydrogen) atoms. The van der Waals surface area contributed by atoms with Crippen LogP contribution in [0.5, 0.6) is 0 Å². The number of carbonyl (C=O) groups excluding carboxylic acids is 1. The van der Waals surface area contributed by atoms with Crippen LogP contribution in [0, 0.1) is 0 Å². The monoisotopic (exact) mass is 183 g/mol. The summed E-state index contributed by atoms with van der Waals surface area (Å²) >= 11 is 5.68. The fourth-order valence-corrected chi connectivity index (χ4v) is 1.00. The van der Waals surface area contributed by atoms with Crippen molar-refractivity contribution < 1.29 is 4.79 Å². The molecule has 64 valence electrons. The van der Waals surface area contributed by atoms with Crippen LogP contribution in [0.15, 0.2) is 24.3 Å². The Kier molecular flexibility index (Phi) is 3.11. The molecule has 0 aliphatic carbocycles. The van der Waals surface area contributed by atoms with Crippen LogP contribution in [0.25, 0.3) is 0 Å². The van der Waals surface area contributed by atoms with Gasteiger partial charge in [0.2, 0.25) is 5.91 Å². The van der Waals surface area contributed by atoms with Crippen LogP contribution >= 0.6 is 11.6 Å². The van der Waals surface area contributed by atoms with Crippen molar-refractivity contribution in [2.24, 2.45) is 0 Å². The van der Waals surface area contributed by atoms with E-state index in [2.05, 4.69) is 5.32 Å². The van der Waals surface area contributed by atoms with E-state index >= 15 is 0 Å². The summed E-state index contributed by atoms with van der Waals surface area (Å²) in [6, 6.07) is 7.24. The Balaban J connectivity index is 2.64. The van der Waals surface area contributed by atoms with Gasteiger partial charge in [-0.3, -0.25) is 4.79 Å². The molecule has 0 aliphatic rings. The molecule has 1 aromatic carbocycles. The number of hydrogen-bond acceptors (Lipinski definition) is 1. The van der Waals surface area contributed by atoms with E-state index in [0.717, 1.165) is 5.56 Å². The normalized spacial score (nSPS) is 9.50. The number of amides is 1. The van der Waals surface area contributed by atoms with Crippen molar-refractivity contribution in [1.82, 2.24) is 5.32 Å². The molecule has 2 nitrogen and oxygen atoms in total. The zero-order valence-electron chi connectivity index (χ0n) is 6.80. The second-order valence-electron chi connectivity index (χ2n) is 2.48. The molecular weight excluding hydrogens is 174 g/mol. The Morgan fingerprint density at radius 1 is 1.42 bits per heavy atom. The summed E-state index contributed by atoms with van der Waals surface area (Å²) in [4.78, 5) is 10.9. The van der Waals surface area contributed by atoms with Crippen molar-refractivity contribution in [3.05, 3.63) is 34.9 Å². The van der Waals surface area contributed by atoms with Gasteiger partial charge in [0, 0.05) is 12.1 Å². The summed E-state index contributed by atoms with van der Waals surface area (Å²) < 4.78 is 0. The third-order valence-corrected chi connectivity index (χ3v) is 1.81. The molecular formula is C9H10ClNO. The maximum Gasteiger partial charge on any atom is 0.224 e. The van der Waals surface area contributed by atoms with Crippen LogP contribution < -0.4 is 5.32 Å². The minimum Gasteiger partial charge on any atom is -0.359 e. The molecule has 0 aromatic heterocycles. The highest BCUT2D eigenvalue weighted by atomic mass is 35.5.